The Morgan fingerprint density at radius 3 is 2.32 bits per heavy atom. The van der Waals surface area contributed by atoms with Gasteiger partial charge in [-0.2, -0.15) is 0 Å². The van der Waals surface area contributed by atoms with E-state index in [-0.39, 0.29) is 23.7 Å². The number of benzene rings is 2. The summed E-state index contributed by atoms with van der Waals surface area (Å²) < 4.78 is 10.4. The average Bonchev–Trinajstić information content (AvgIpc) is 3.28. The zero-order valence-electron chi connectivity index (χ0n) is 18.0. The van der Waals surface area contributed by atoms with Gasteiger partial charge in [0.15, 0.2) is 11.5 Å². The second kappa shape index (κ2) is 10.1. The zero-order valence-corrected chi connectivity index (χ0v) is 18.0. The number of nitro groups is 1. The normalized spacial score (nSPS) is 14.6. The molecule has 1 fully saturated rings. The van der Waals surface area contributed by atoms with E-state index in [2.05, 4.69) is 22.8 Å². The lowest BCUT2D eigenvalue weighted by atomic mass is 9.79. The standard InChI is InChI=1S/C23H29N3O5/c1-30-20-14-17(19(26(28)29)15-21(20)31-2)10-13-24-22(27)25-16-23(11-6-7-12-23)18-8-4-3-5-9-18/h3-5,8-9,14-15H,6-7,10-13,16H2,1-2H3,(H2,24,25,27). The molecular weight excluding hydrogens is 398 g/mol. The van der Waals surface area contributed by atoms with Crippen molar-refractivity contribution in [3.63, 3.8) is 0 Å². The van der Waals surface area contributed by atoms with Crippen molar-refractivity contribution in [2.75, 3.05) is 27.3 Å². The summed E-state index contributed by atoms with van der Waals surface area (Å²) in [5.41, 5.74) is 1.64. The number of hydrogen-bond donors (Lipinski definition) is 2. The molecular formula is C23H29N3O5. The van der Waals surface area contributed by atoms with Crippen LogP contribution in [0.4, 0.5) is 10.5 Å². The van der Waals surface area contributed by atoms with Crippen LogP contribution < -0.4 is 20.1 Å². The lowest BCUT2D eigenvalue weighted by Crippen LogP contribution is -2.44. The first-order valence-corrected chi connectivity index (χ1v) is 10.5. The lowest BCUT2D eigenvalue weighted by Gasteiger charge is -2.30. The Morgan fingerprint density at radius 2 is 1.71 bits per heavy atom. The number of methoxy groups -OCH3 is 2. The number of urea groups is 1. The molecule has 2 N–H and O–H groups in total. The van der Waals surface area contributed by atoms with Crippen molar-refractivity contribution >= 4 is 11.7 Å². The third-order valence-electron chi connectivity index (χ3n) is 6.00. The maximum absolute atomic E-state index is 12.4. The van der Waals surface area contributed by atoms with Gasteiger partial charge < -0.3 is 20.1 Å². The van der Waals surface area contributed by atoms with Crippen molar-refractivity contribution < 1.29 is 19.2 Å². The number of nitrogens with zero attached hydrogens (tertiary/aromatic N) is 1. The summed E-state index contributed by atoms with van der Waals surface area (Å²) in [6, 6.07) is 13.0. The van der Waals surface area contributed by atoms with Gasteiger partial charge >= 0.3 is 6.03 Å². The van der Waals surface area contributed by atoms with E-state index in [9.17, 15) is 14.9 Å². The minimum atomic E-state index is -0.457. The molecule has 0 unspecified atom stereocenters. The molecule has 0 atom stereocenters. The fourth-order valence-electron chi connectivity index (χ4n) is 4.31. The van der Waals surface area contributed by atoms with Gasteiger partial charge in [-0.15, -0.1) is 0 Å². The van der Waals surface area contributed by atoms with Crippen molar-refractivity contribution in [1.29, 1.82) is 0 Å². The first-order valence-electron chi connectivity index (χ1n) is 10.5. The molecule has 0 spiro atoms. The van der Waals surface area contributed by atoms with Crippen LogP contribution in [0.2, 0.25) is 0 Å². The van der Waals surface area contributed by atoms with Gasteiger partial charge in [0, 0.05) is 24.1 Å². The minimum Gasteiger partial charge on any atom is -0.493 e. The number of rotatable bonds is 9. The number of nitro benzene ring substituents is 1. The van der Waals surface area contributed by atoms with E-state index in [4.69, 9.17) is 9.47 Å². The van der Waals surface area contributed by atoms with Crippen LogP contribution in [0.15, 0.2) is 42.5 Å². The molecule has 2 aromatic rings. The molecule has 0 heterocycles. The maximum Gasteiger partial charge on any atom is 0.314 e. The van der Waals surface area contributed by atoms with Crippen molar-refractivity contribution in [2.45, 2.75) is 37.5 Å². The van der Waals surface area contributed by atoms with Crippen LogP contribution in [-0.2, 0) is 11.8 Å². The Kier molecular flexibility index (Phi) is 7.33. The van der Waals surface area contributed by atoms with Gasteiger partial charge in [-0.1, -0.05) is 43.2 Å². The highest BCUT2D eigenvalue weighted by Gasteiger charge is 2.35. The fraction of sp³-hybridized carbons (Fsp3) is 0.435. The van der Waals surface area contributed by atoms with E-state index in [1.807, 2.05) is 18.2 Å². The van der Waals surface area contributed by atoms with Crippen LogP contribution in [0.1, 0.15) is 36.8 Å². The number of carbonyl (C=O) groups excluding carboxylic acids is 1. The van der Waals surface area contributed by atoms with Gasteiger partial charge in [0.05, 0.1) is 25.2 Å². The number of nitrogens with one attached hydrogen (secondary N) is 2. The fourth-order valence-corrected chi connectivity index (χ4v) is 4.31. The van der Waals surface area contributed by atoms with E-state index in [0.717, 1.165) is 25.7 Å². The summed E-state index contributed by atoms with van der Waals surface area (Å²) in [4.78, 5) is 23.4. The largest absolute Gasteiger partial charge is 0.493 e. The number of ether oxygens (including phenoxy) is 2. The molecule has 0 aromatic heterocycles. The van der Waals surface area contributed by atoms with Crippen molar-refractivity contribution in [1.82, 2.24) is 10.6 Å². The summed E-state index contributed by atoms with van der Waals surface area (Å²) in [6.45, 7) is 0.833. The predicted octanol–water partition coefficient (Wildman–Crippen LogP) is 3.97. The summed E-state index contributed by atoms with van der Waals surface area (Å²) in [5.74, 6) is 0.713. The minimum absolute atomic E-state index is 0.0270. The molecule has 0 saturated heterocycles. The zero-order chi connectivity index (χ0) is 22.3. The second-order valence-electron chi connectivity index (χ2n) is 7.81. The third kappa shape index (κ3) is 5.25. The monoisotopic (exact) mass is 427 g/mol. The van der Waals surface area contributed by atoms with Crippen molar-refractivity contribution in [3.8, 4) is 11.5 Å². The summed E-state index contributed by atoms with van der Waals surface area (Å²) >= 11 is 0. The molecule has 166 valence electrons. The average molecular weight is 428 g/mol. The Bertz CT molecular complexity index is 911. The van der Waals surface area contributed by atoms with Gasteiger partial charge in [-0.05, 0) is 30.9 Å². The first-order chi connectivity index (χ1) is 15.0. The van der Waals surface area contributed by atoms with Crippen LogP contribution in [-0.4, -0.2) is 38.3 Å². The quantitative estimate of drug-likeness (QED) is 0.466. The van der Waals surface area contributed by atoms with E-state index >= 15 is 0 Å². The smallest absolute Gasteiger partial charge is 0.314 e. The molecule has 2 aromatic carbocycles. The maximum atomic E-state index is 12.4. The predicted molar refractivity (Wildman–Crippen MR) is 118 cm³/mol. The van der Waals surface area contributed by atoms with Crippen LogP contribution in [0.3, 0.4) is 0 Å². The Balaban J connectivity index is 1.58. The van der Waals surface area contributed by atoms with E-state index in [1.54, 1.807) is 6.07 Å². The molecule has 8 nitrogen and oxygen atoms in total. The van der Waals surface area contributed by atoms with Crippen LogP contribution in [0.25, 0.3) is 0 Å². The van der Waals surface area contributed by atoms with E-state index < -0.39 is 4.92 Å². The highest BCUT2D eigenvalue weighted by Crippen LogP contribution is 2.40. The topological polar surface area (TPSA) is 103 Å². The molecule has 8 heteroatoms. The van der Waals surface area contributed by atoms with Crippen LogP contribution in [0, 0.1) is 10.1 Å². The number of carbonyl (C=O) groups is 1. The molecule has 2 amide bonds. The number of hydrogen-bond acceptors (Lipinski definition) is 5. The van der Waals surface area contributed by atoms with Gasteiger partial charge in [0.1, 0.15) is 0 Å². The van der Waals surface area contributed by atoms with Gasteiger partial charge in [-0.25, -0.2) is 4.79 Å². The number of amides is 2. The van der Waals surface area contributed by atoms with Gasteiger partial charge in [-0.3, -0.25) is 10.1 Å². The molecule has 0 aliphatic heterocycles. The Hall–Kier alpha value is -3.29. The summed E-state index contributed by atoms with van der Waals surface area (Å²) in [5, 5.41) is 17.2. The molecule has 1 aliphatic rings. The Morgan fingerprint density at radius 1 is 1.06 bits per heavy atom. The first kappa shape index (κ1) is 22.4. The van der Waals surface area contributed by atoms with Crippen molar-refractivity contribution in [3.05, 3.63) is 63.7 Å². The molecule has 0 bridgehead atoms. The summed E-state index contributed by atoms with van der Waals surface area (Å²) in [7, 11) is 2.91. The second-order valence-corrected chi connectivity index (χ2v) is 7.81. The van der Waals surface area contributed by atoms with Gasteiger partial charge in [0.2, 0.25) is 0 Å². The molecule has 1 saturated carbocycles. The van der Waals surface area contributed by atoms with E-state index in [0.29, 0.717) is 30.0 Å². The van der Waals surface area contributed by atoms with Crippen LogP contribution in [0.5, 0.6) is 11.5 Å². The molecule has 0 radical (unpaired) electrons. The SMILES string of the molecule is COc1cc(CCNC(=O)NCC2(c3ccccc3)CCCC2)c([N+](=O)[O-])cc1OC. The lowest BCUT2D eigenvalue weighted by molar-refractivity contribution is -0.385. The molecule has 3 rings (SSSR count). The van der Waals surface area contributed by atoms with Gasteiger partial charge in [0.25, 0.3) is 5.69 Å². The summed E-state index contributed by atoms with van der Waals surface area (Å²) in [6.07, 6.45) is 4.71. The highest BCUT2D eigenvalue weighted by atomic mass is 16.6. The third-order valence-corrected chi connectivity index (χ3v) is 6.00. The highest BCUT2D eigenvalue weighted by molar-refractivity contribution is 5.74. The van der Waals surface area contributed by atoms with E-state index in [1.165, 1.54) is 25.8 Å². The Labute approximate surface area is 182 Å². The van der Waals surface area contributed by atoms with Crippen LogP contribution >= 0.6 is 0 Å². The molecule has 31 heavy (non-hydrogen) atoms. The van der Waals surface area contributed by atoms with Crippen molar-refractivity contribution in [2.24, 2.45) is 0 Å². The molecule has 1 aliphatic carbocycles.